The van der Waals surface area contributed by atoms with Crippen molar-refractivity contribution in [2.45, 2.75) is 51.7 Å². The molecule has 18 heavy (non-hydrogen) atoms. The van der Waals surface area contributed by atoms with Crippen LogP contribution in [0, 0.1) is 0 Å². The molecule has 0 bridgehead atoms. The summed E-state index contributed by atoms with van der Waals surface area (Å²) in [6.45, 7) is 4.85. The topological polar surface area (TPSA) is 89.8 Å². The van der Waals surface area contributed by atoms with Crippen LogP contribution >= 0.6 is 7.82 Å². The van der Waals surface area contributed by atoms with Crippen LogP contribution in [0.25, 0.3) is 0 Å². The van der Waals surface area contributed by atoms with Gasteiger partial charge in [0.15, 0.2) is 0 Å². The molecule has 0 aromatic carbocycles. The molecule has 0 spiro atoms. The third-order valence-electron chi connectivity index (χ3n) is 2.69. The van der Waals surface area contributed by atoms with Crippen LogP contribution in [0.5, 0.6) is 0 Å². The molecular formula is C9H21F3NO4P. The first-order chi connectivity index (χ1) is 7.89. The first-order valence-electron chi connectivity index (χ1n) is 5.49. The van der Waals surface area contributed by atoms with Gasteiger partial charge in [-0.15, -0.1) is 0 Å². The number of rotatable bonds is 5. The van der Waals surface area contributed by atoms with Gasteiger partial charge in [0.1, 0.15) is 0 Å². The summed E-state index contributed by atoms with van der Waals surface area (Å²) in [5.41, 5.74) is -0.338. The van der Waals surface area contributed by atoms with E-state index < -0.39 is 20.5 Å². The summed E-state index contributed by atoms with van der Waals surface area (Å²) in [6.07, 6.45) is -1.91. The fourth-order valence-electron chi connectivity index (χ4n) is 1.41. The number of phosphoric acid groups is 1. The highest BCUT2D eigenvalue weighted by Gasteiger charge is 2.32. The Morgan fingerprint density at radius 2 is 1.28 bits per heavy atom. The van der Waals surface area contributed by atoms with Gasteiger partial charge in [-0.1, -0.05) is 20.8 Å². The molecule has 0 aliphatic heterocycles. The highest BCUT2D eigenvalue weighted by molar-refractivity contribution is 7.45. The number of nitrogens with one attached hydrogen (secondary N) is 1. The van der Waals surface area contributed by atoms with Crippen molar-refractivity contribution in [1.29, 1.82) is 0 Å². The molecule has 0 fully saturated rings. The number of hydrogen-bond donors (Lipinski definition) is 4. The van der Waals surface area contributed by atoms with Crippen LogP contribution in [0.2, 0.25) is 0 Å². The van der Waals surface area contributed by atoms with E-state index in [4.69, 9.17) is 19.2 Å². The molecular weight excluding hydrogens is 274 g/mol. The SMILES string of the molecule is CCC(CC)(CC)NCC(F)(F)F.O=P(O)(O)O. The van der Waals surface area contributed by atoms with E-state index in [1.807, 2.05) is 20.8 Å². The lowest BCUT2D eigenvalue weighted by Crippen LogP contribution is -2.47. The van der Waals surface area contributed by atoms with Gasteiger partial charge in [0.2, 0.25) is 0 Å². The second-order valence-electron chi connectivity index (χ2n) is 3.82. The van der Waals surface area contributed by atoms with Crippen LogP contribution in [0.4, 0.5) is 13.2 Å². The van der Waals surface area contributed by atoms with Crippen molar-refractivity contribution in [2.75, 3.05) is 6.54 Å². The standard InChI is InChI=1S/C9H18F3N.H3O4P/c1-4-8(5-2,6-3)13-7-9(10,11)12;1-5(2,3)4/h13H,4-7H2,1-3H3;(H3,1,2,3,4). The molecule has 5 nitrogen and oxygen atoms in total. The van der Waals surface area contributed by atoms with E-state index in [1.165, 1.54) is 0 Å². The van der Waals surface area contributed by atoms with Crippen molar-refractivity contribution in [3.63, 3.8) is 0 Å². The van der Waals surface area contributed by atoms with Crippen molar-refractivity contribution >= 4 is 7.82 Å². The summed E-state index contributed by atoms with van der Waals surface area (Å²) in [6, 6.07) is 0. The third-order valence-corrected chi connectivity index (χ3v) is 2.69. The predicted molar refractivity (Wildman–Crippen MR) is 61.9 cm³/mol. The van der Waals surface area contributed by atoms with E-state index in [1.54, 1.807) is 0 Å². The van der Waals surface area contributed by atoms with Crippen LogP contribution in [-0.2, 0) is 4.57 Å². The molecule has 9 heteroatoms. The van der Waals surface area contributed by atoms with Crippen LogP contribution in [0.3, 0.4) is 0 Å². The van der Waals surface area contributed by atoms with Gasteiger partial charge in [0.25, 0.3) is 0 Å². The van der Waals surface area contributed by atoms with Gasteiger partial charge in [0, 0.05) is 5.54 Å². The summed E-state index contributed by atoms with van der Waals surface area (Å²) in [5.74, 6) is 0. The van der Waals surface area contributed by atoms with Crippen molar-refractivity contribution < 1.29 is 32.4 Å². The van der Waals surface area contributed by atoms with Gasteiger partial charge < -0.3 is 20.0 Å². The molecule has 0 unspecified atom stereocenters. The minimum atomic E-state index is -4.64. The van der Waals surface area contributed by atoms with Gasteiger partial charge in [-0.25, -0.2) is 4.57 Å². The van der Waals surface area contributed by atoms with Crippen molar-refractivity contribution in [2.24, 2.45) is 0 Å². The summed E-state index contributed by atoms with van der Waals surface area (Å²) < 4.78 is 44.7. The number of alkyl halides is 3. The molecule has 0 rings (SSSR count). The summed E-state index contributed by atoms with van der Waals surface area (Å²) in [4.78, 5) is 21.6. The number of halogens is 3. The molecule has 0 heterocycles. The summed E-state index contributed by atoms with van der Waals surface area (Å²) >= 11 is 0. The van der Waals surface area contributed by atoms with Gasteiger partial charge in [0.05, 0.1) is 6.54 Å². The zero-order valence-electron chi connectivity index (χ0n) is 10.7. The third kappa shape index (κ3) is 13.9. The predicted octanol–water partition coefficient (Wildman–Crippen LogP) is 2.18. The zero-order valence-corrected chi connectivity index (χ0v) is 11.6. The molecule has 0 amide bonds. The Hall–Kier alpha value is -0.140. The maximum absolute atomic E-state index is 11.9. The summed E-state index contributed by atoms with van der Waals surface area (Å²) in [5, 5.41) is 2.60. The lowest BCUT2D eigenvalue weighted by molar-refractivity contribution is -0.129. The van der Waals surface area contributed by atoms with Crippen LogP contribution in [0.1, 0.15) is 40.0 Å². The average molecular weight is 295 g/mol. The van der Waals surface area contributed by atoms with Gasteiger partial charge in [-0.05, 0) is 19.3 Å². The molecule has 0 saturated heterocycles. The highest BCUT2D eigenvalue weighted by atomic mass is 31.2. The quantitative estimate of drug-likeness (QED) is 0.584. The average Bonchev–Trinajstić information content (AvgIpc) is 2.17. The fourth-order valence-corrected chi connectivity index (χ4v) is 1.41. The Kier molecular flexibility index (Phi) is 9.10. The molecule has 0 aromatic heterocycles. The largest absolute Gasteiger partial charge is 0.466 e. The Balaban J connectivity index is 0. The molecule has 0 radical (unpaired) electrons. The first kappa shape index (κ1) is 20.2. The van der Waals surface area contributed by atoms with Gasteiger partial charge in [-0.3, -0.25) is 0 Å². The Labute approximate surface area is 105 Å². The fraction of sp³-hybridized carbons (Fsp3) is 1.00. The molecule has 4 N–H and O–H groups in total. The van der Waals surface area contributed by atoms with Crippen LogP contribution < -0.4 is 5.32 Å². The molecule has 0 atom stereocenters. The van der Waals surface area contributed by atoms with Gasteiger partial charge in [-0.2, -0.15) is 13.2 Å². The van der Waals surface area contributed by atoms with Crippen molar-refractivity contribution in [3.05, 3.63) is 0 Å². The van der Waals surface area contributed by atoms with E-state index in [-0.39, 0.29) is 5.54 Å². The molecule has 0 aliphatic carbocycles. The first-order valence-corrected chi connectivity index (χ1v) is 7.05. The normalized spacial score (nSPS) is 12.9. The Morgan fingerprint density at radius 3 is 1.44 bits per heavy atom. The Bertz CT molecular complexity index is 246. The van der Waals surface area contributed by atoms with E-state index in [9.17, 15) is 13.2 Å². The van der Waals surface area contributed by atoms with E-state index in [0.29, 0.717) is 0 Å². The molecule has 0 saturated carbocycles. The smallest absolute Gasteiger partial charge is 0.303 e. The maximum atomic E-state index is 11.9. The summed E-state index contributed by atoms with van der Waals surface area (Å²) in [7, 11) is -4.64. The number of hydrogen-bond acceptors (Lipinski definition) is 2. The van der Waals surface area contributed by atoms with E-state index in [2.05, 4.69) is 5.32 Å². The molecule has 0 aromatic rings. The van der Waals surface area contributed by atoms with Gasteiger partial charge >= 0.3 is 14.0 Å². The Morgan fingerprint density at radius 1 is 1.00 bits per heavy atom. The van der Waals surface area contributed by atoms with Crippen LogP contribution in [0.15, 0.2) is 0 Å². The molecule has 112 valence electrons. The lowest BCUT2D eigenvalue weighted by atomic mass is 9.90. The zero-order chi connectivity index (χ0) is 15.0. The minimum absolute atomic E-state index is 0.338. The second-order valence-corrected chi connectivity index (χ2v) is 4.85. The lowest BCUT2D eigenvalue weighted by Gasteiger charge is -2.32. The highest BCUT2D eigenvalue weighted by Crippen LogP contribution is 2.25. The monoisotopic (exact) mass is 295 g/mol. The maximum Gasteiger partial charge on any atom is 0.466 e. The van der Waals surface area contributed by atoms with Crippen molar-refractivity contribution in [3.8, 4) is 0 Å². The van der Waals surface area contributed by atoms with Crippen LogP contribution in [-0.4, -0.2) is 32.9 Å². The van der Waals surface area contributed by atoms with Crippen molar-refractivity contribution in [1.82, 2.24) is 5.32 Å². The van der Waals surface area contributed by atoms with E-state index in [0.717, 1.165) is 19.3 Å². The minimum Gasteiger partial charge on any atom is -0.303 e. The molecule has 0 aliphatic rings. The second kappa shape index (κ2) is 8.12. The van der Waals surface area contributed by atoms with E-state index >= 15 is 0 Å².